The Hall–Kier alpha value is -1.86. The summed E-state index contributed by atoms with van der Waals surface area (Å²) in [5.41, 5.74) is 0.909. The third-order valence-electron chi connectivity index (χ3n) is 3.80. The molecule has 0 radical (unpaired) electrons. The number of benzene rings is 1. The zero-order valence-corrected chi connectivity index (χ0v) is 12.7. The average Bonchev–Trinajstić information content (AvgIpc) is 3.21. The van der Waals surface area contributed by atoms with Crippen molar-refractivity contribution >= 4 is 23.4 Å². The molecule has 6 nitrogen and oxygen atoms in total. The fraction of sp³-hybridized carbons (Fsp3) is 0.400. The van der Waals surface area contributed by atoms with Gasteiger partial charge >= 0.3 is 0 Å². The monoisotopic (exact) mass is 317 g/mol. The predicted molar refractivity (Wildman–Crippen MR) is 80.6 cm³/mol. The van der Waals surface area contributed by atoms with Crippen LogP contribution in [0, 0.1) is 0 Å². The second-order valence-corrected chi connectivity index (χ2v) is 6.30. The summed E-state index contributed by atoms with van der Waals surface area (Å²) < 4.78 is 10.8. The first-order valence-electron chi connectivity index (χ1n) is 7.27. The quantitative estimate of drug-likeness (QED) is 0.866. The van der Waals surface area contributed by atoms with E-state index in [1.807, 2.05) is 24.3 Å². The lowest BCUT2D eigenvalue weighted by Crippen LogP contribution is -2.35. The Bertz CT molecular complexity index is 697. The number of nitrogens with zero attached hydrogens (tertiary/aromatic N) is 3. The van der Waals surface area contributed by atoms with Gasteiger partial charge in [-0.3, -0.25) is 4.79 Å². The summed E-state index contributed by atoms with van der Waals surface area (Å²) in [6.07, 6.45) is 1.82. The number of thioether (sulfide) groups is 1. The first kappa shape index (κ1) is 13.8. The number of anilines is 1. The van der Waals surface area contributed by atoms with E-state index in [0.717, 1.165) is 30.0 Å². The van der Waals surface area contributed by atoms with E-state index in [1.165, 1.54) is 0 Å². The van der Waals surface area contributed by atoms with Crippen LogP contribution in [-0.4, -0.2) is 28.4 Å². The van der Waals surface area contributed by atoms with E-state index in [9.17, 15) is 4.79 Å². The van der Waals surface area contributed by atoms with Crippen molar-refractivity contribution in [1.82, 2.24) is 10.1 Å². The van der Waals surface area contributed by atoms with Gasteiger partial charge in [0.15, 0.2) is 5.82 Å². The number of para-hydroxylation sites is 1. The van der Waals surface area contributed by atoms with Crippen molar-refractivity contribution in [2.75, 3.05) is 17.3 Å². The van der Waals surface area contributed by atoms with Gasteiger partial charge < -0.3 is 14.2 Å². The van der Waals surface area contributed by atoms with Gasteiger partial charge in [0.05, 0.1) is 18.0 Å². The minimum absolute atomic E-state index is 0.0622. The minimum atomic E-state index is -0.0962. The van der Waals surface area contributed by atoms with Crippen molar-refractivity contribution in [2.24, 2.45) is 0 Å². The molecule has 0 N–H and O–H groups in total. The summed E-state index contributed by atoms with van der Waals surface area (Å²) in [6.45, 7) is 1.06. The SMILES string of the molecule is O=C1CSc2ccccc2N1Cc1noc([C@@H]2CCCO2)n1. The normalized spacial score (nSPS) is 21.2. The maximum atomic E-state index is 12.2. The van der Waals surface area contributed by atoms with E-state index in [2.05, 4.69) is 10.1 Å². The summed E-state index contributed by atoms with van der Waals surface area (Å²) in [4.78, 5) is 19.4. The maximum Gasteiger partial charge on any atom is 0.255 e. The summed E-state index contributed by atoms with van der Waals surface area (Å²) in [6, 6.07) is 7.87. The molecule has 1 aromatic heterocycles. The molecule has 22 heavy (non-hydrogen) atoms. The summed E-state index contributed by atoms with van der Waals surface area (Å²) >= 11 is 1.56. The fourth-order valence-corrected chi connectivity index (χ4v) is 3.64. The second-order valence-electron chi connectivity index (χ2n) is 5.29. The van der Waals surface area contributed by atoms with Crippen LogP contribution in [0.4, 0.5) is 5.69 Å². The molecule has 1 atom stereocenters. The Balaban J connectivity index is 1.56. The molecule has 1 fully saturated rings. The number of hydrogen-bond donors (Lipinski definition) is 0. The van der Waals surface area contributed by atoms with E-state index in [4.69, 9.17) is 9.26 Å². The molecule has 0 aliphatic carbocycles. The average molecular weight is 317 g/mol. The number of rotatable bonds is 3. The lowest BCUT2D eigenvalue weighted by atomic mass is 10.2. The number of fused-ring (bicyclic) bond motifs is 1. The van der Waals surface area contributed by atoms with Crippen LogP contribution in [0.3, 0.4) is 0 Å². The lowest BCUT2D eigenvalue weighted by Gasteiger charge is -2.27. The molecule has 114 valence electrons. The smallest absolute Gasteiger partial charge is 0.255 e. The third-order valence-corrected chi connectivity index (χ3v) is 4.84. The van der Waals surface area contributed by atoms with Crippen LogP contribution in [0.2, 0.25) is 0 Å². The number of aromatic nitrogens is 2. The fourth-order valence-electron chi connectivity index (χ4n) is 2.70. The van der Waals surface area contributed by atoms with E-state index < -0.39 is 0 Å². The Kier molecular flexibility index (Phi) is 3.59. The highest BCUT2D eigenvalue weighted by molar-refractivity contribution is 8.00. The number of carbonyl (C=O) groups is 1. The van der Waals surface area contributed by atoms with Crippen molar-refractivity contribution in [3.8, 4) is 0 Å². The van der Waals surface area contributed by atoms with Gasteiger partial charge in [0, 0.05) is 11.5 Å². The topological polar surface area (TPSA) is 68.5 Å². The summed E-state index contributed by atoms with van der Waals surface area (Å²) in [7, 11) is 0. The molecule has 4 rings (SSSR count). The van der Waals surface area contributed by atoms with Crippen molar-refractivity contribution in [1.29, 1.82) is 0 Å². The zero-order valence-electron chi connectivity index (χ0n) is 11.9. The molecule has 1 amide bonds. The first-order valence-corrected chi connectivity index (χ1v) is 8.26. The molecule has 2 aromatic rings. The van der Waals surface area contributed by atoms with Crippen LogP contribution in [0.15, 0.2) is 33.7 Å². The Morgan fingerprint density at radius 1 is 1.36 bits per heavy atom. The van der Waals surface area contributed by atoms with Gasteiger partial charge in [0.2, 0.25) is 5.91 Å². The standard InChI is InChI=1S/C15H15N3O3S/c19-14-9-22-12-6-2-1-4-10(12)18(14)8-13-16-15(21-17-13)11-5-3-7-20-11/h1-2,4,6,11H,3,5,7-9H2/t11-/m0/s1. The Morgan fingerprint density at radius 2 is 2.27 bits per heavy atom. The highest BCUT2D eigenvalue weighted by Crippen LogP contribution is 2.35. The highest BCUT2D eigenvalue weighted by atomic mass is 32.2. The second kappa shape index (κ2) is 5.73. The largest absolute Gasteiger partial charge is 0.368 e. The zero-order chi connectivity index (χ0) is 14.9. The van der Waals surface area contributed by atoms with Gasteiger partial charge in [-0.2, -0.15) is 4.98 Å². The van der Waals surface area contributed by atoms with E-state index >= 15 is 0 Å². The number of hydrogen-bond acceptors (Lipinski definition) is 6. The molecule has 0 spiro atoms. The number of ether oxygens (including phenoxy) is 1. The molecule has 2 aliphatic rings. The van der Waals surface area contributed by atoms with E-state index in [0.29, 0.717) is 24.0 Å². The minimum Gasteiger partial charge on any atom is -0.368 e. The molecule has 2 aliphatic heterocycles. The molecule has 0 unspecified atom stereocenters. The predicted octanol–water partition coefficient (Wildman–Crippen LogP) is 2.56. The molecule has 1 saturated heterocycles. The van der Waals surface area contributed by atoms with Gasteiger partial charge in [-0.1, -0.05) is 17.3 Å². The van der Waals surface area contributed by atoms with Crippen LogP contribution in [0.5, 0.6) is 0 Å². The molecule has 7 heteroatoms. The van der Waals surface area contributed by atoms with Gasteiger partial charge in [-0.05, 0) is 25.0 Å². The van der Waals surface area contributed by atoms with E-state index in [-0.39, 0.29) is 12.0 Å². The summed E-state index contributed by atoms with van der Waals surface area (Å²) in [5, 5.41) is 4.00. The number of amides is 1. The van der Waals surface area contributed by atoms with Crippen LogP contribution >= 0.6 is 11.8 Å². The Labute approximate surface area is 131 Å². The third kappa shape index (κ3) is 2.50. The summed E-state index contributed by atoms with van der Waals surface area (Å²) in [5.74, 6) is 1.53. The van der Waals surface area contributed by atoms with Crippen molar-refractivity contribution in [3.63, 3.8) is 0 Å². The van der Waals surface area contributed by atoms with Gasteiger partial charge in [-0.15, -0.1) is 11.8 Å². The van der Waals surface area contributed by atoms with Gasteiger partial charge in [-0.25, -0.2) is 0 Å². The van der Waals surface area contributed by atoms with Gasteiger partial charge in [0.1, 0.15) is 6.10 Å². The molecule has 0 saturated carbocycles. The number of carbonyl (C=O) groups excluding carboxylic acids is 1. The lowest BCUT2D eigenvalue weighted by molar-refractivity contribution is -0.116. The van der Waals surface area contributed by atoms with Gasteiger partial charge in [0.25, 0.3) is 5.89 Å². The van der Waals surface area contributed by atoms with Crippen molar-refractivity contribution in [2.45, 2.75) is 30.4 Å². The maximum absolute atomic E-state index is 12.2. The molecule has 1 aromatic carbocycles. The van der Waals surface area contributed by atoms with Crippen LogP contribution in [0.1, 0.15) is 30.7 Å². The van der Waals surface area contributed by atoms with Crippen LogP contribution in [-0.2, 0) is 16.1 Å². The van der Waals surface area contributed by atoms with E-state index in [1.54, 1.807) is 16.7 Å². The molecule has 3 heterocycles. The molecular weight excluding hydrogens is 302 g/mol. The van der Waals surface area contributed by atoms with Crippen LogP contribution < -0.4 is 4.90 Å². The van der Waals surface area contributed by atoms with Crippen molar-refractivity contribution in [3.05, 3.63) is 36.0 Å². The molecule has 0 bridgehead atoms. The molecular formula is C15H15N3O3S. The highest BCUT2D eigenvalue weighted by Gasteiger charge is 2.28. The Morgan fingerprint density at radius 3 is 3.14 bits per heavy atom. The van der Waals surface area contributed by atoms with Crippen LogP contribution in [0.25, 0.3) is 0 Å². The van der Waals surface area contributed by atoms with Crippen molar-refractivity contribution < 1.29 is 14.1 Å². The first-order chi connectivity index (χ1) is 10.8.